The second kappa shape index (κ2) is 7.53. The first kappa shape index (κ1) is 16.5. The van der Waals surface area contributed by atoms with Gasteiger partial charge in [0.05, 0.1) is 23.0 Å². The first-order valence-corrected chi connectivity index (χ1v) is 8.35. The van der Waals surface area contributed by atoms with E-state index in [0.29, 0.717) is 11.3 Å². The molecule has 0 aliphatic heterocycles. The number of aromatic nitrogens is 3. The fourth-order valence-electron chi connectivity index (χ4n) is 2.70. The van der Waals surface area contributed by atoms with Gasteiger partial charge in [0.2, 0.25) is 0 Å². The molecule has 6 heteroatoms. The number of hydrogen-bond acceptors (Lipinski definition) is 5. The van der Waals surface area contributed by atoms with Gasteiger partial charge < -0.3 is 0 Å². The summed E-state index contributed by atoms with van der Waals surface area (Å²) in [6.07, 6.45) is 8.33. The highest BCUT2D eigenvalue weighted by atomic mass is 16.2. The molecule has 130 valence electrons. The quantitative estimate of drug-likeness (QED) is 0.450. The number of hydrogen-bond donors (Lipinski definition) is 1. The molecule has 0 fully saturated rings. The first-order valence-electron chi connectivity index (χ1n) is 8.35. The van der Waals surface area contributed by atoms with Crippen molar-refractivity contribution in [3.8, 4) is 11.3 Å². The second-order valence-corrected chi connectivity index (χ2v) is 5.79. The number of pyridine rings is 3. The Morgan fingerprint density at radius 1 is 0.963 bits per heavy atom. The van der Waals surface area contributed by atoms with Crippen LogP contribution in [0.4, 0.5) is 0 Å². The number of carbonyl (C=O) groups excluding carboxylic acids is 1. The Hall–Kier alpha value is -3.93. The van der Waals surface area contributed by atoms with Crippen LogP contribution in [0.25, 0.3) is 22.2 Å². The lowest BCUT2D eigenvalue weighted by atomic mass is 10.0. The number of carbonyl (C=O) groups is 1. The molecule has 0 aliphatic carbocycles. The van der Waals surface area contributed by atoms with Crippen LogP contribution >= 0.6 is 0 Å². The lowest BCUT2D eigenvalue weighted by Gasteiger charge is -2.08. The van der Waals surface area contributed by atoms with E-state index in [-0.39, 0.29) is 5.91 Å². The second-order valence-electron chi connectivity index (χ2n) is 5.79. The Kier molecular flexibility index (Phi) is 4.61. The summed E-state index contributed by atoms with van der Waals surface area (Å²) in [4.78, 5) is 25.5. The summed E-state index contributed by atoms with van der Waals surface area (Å²) in [7, 11) is 0. The highest BCUT2D eigenvalue weighted by molar-refractivity contribution is 6.07. The van der Waals surface area contributed by atoms with Gasteiger partial charge in [0.1, 0.15) is 0 Å². The van der Waals surface area contributed by atoms with Crippen LogP contribution in [0, 0.1) is 0 Å². The van der Waals surface area contributed by atoms with Crippen molar-refractivity contribution in [2.75, 3.05) is 0 Å². The summed E-state index contributed by atoms with van der Waals surface area (Å²) >= 11 is 0. The Morgan fingerprint density at radius 3 is 2.63 bits per heavy atom. The number of hydrazone groups is 1. The standard InChI is InChI=1S/C21H15N5O/c27-21(26-24-13-15-7-10-22-11-8-15)18-12-20(16-4-3-9-23-14-16)25-19-6-2-1-5-17(18)19/h1-14H,(H,26,27). The van der Waals surface area contributed by atoms with Crippen LogP contribution in [0.2, 0.25) is 0 Å². The van der Waals surface area contributed by atoms with Crippen LogP contribution in [0.3, 0.4) is 0 Å². The fraction of sp³-hybridized carbons (Fsp3) is 0. The number of amides is 1. The van der Waals surface area contributed by atoms with E-state index in [4.69, 9.17) is 0 Å². The Morgan fingerprint density at radius 2 is 1.81 bits per heavy atom. The van der Waals surface area contributed by atoms with Crippen molar-refractivity contribution in [3.05, 3.63) is 90.5 Å². The van der Waals surface area contributed by atoms with Crippen LogP contribution in [-0.4, -0.2) is 27.1 Å². The zero-order chi connectivity index (χ0) is 18.5. The highest BCUT2D eigenvalue weighted by Crippen LogP contribution is 2.24. The molecule has 4 rings (SSSR count). The molecule has 27 heavy (non-hydrogen) atoms. The normalized spacial score (nSPS) is 11.0. The molecule has 0 unspecified atom stereocenters. The molecule has 0 spiro atoms. The van der Waals surface area contributed by atoms with Gasteiger partial charge in [0.25, 0.3) is 5.91 Å². The molecular formula is C21H15N5O. The van der Waals surface area contributed by atoms with Gasteiger partial charge in [-0.2, -0.15) is 5.10 Å². The Balaban J connectivity index is 1.69. The van der Waals surface area contributed by atoms with Gasteiger partial charge in [-0.3, -0.25) is 14.8 Å². The average Bonchev–Trinajstić information content (AvgIpc) is 2.74. The van der Waals surface area contributed by atoms with E-state index in [1.807, 2.05) is 36.4 Å². The third-order valence-electron chi connectivity index (χ3n) is 4.00. The summed E-state index contributed by atoms with van der Waals surface area (Å²) in [5.41, 5.74) is 6.21. The van der Waals surface area contributed by atoms with Gasteiger partial charge >= 0.3 is 0 Å². The van der Waals surface area contributed by atoms with Gasteiger partial charge in [-0.15, -0.1) is 0 Å². The minimum absolute atomic E-state index is 0.302. The molecule has 6 nitrogen and oxygen atoms in total. The SMILES string of the molecule is O=C(NN=Cc1ccncc1)c1cc(-c2cccnc2)nc2ccccc12. The minimum Gasteiger partial charge on any atom is -0.267 e. The molecule has 0 saturated carbocycles. The maximum atomic E-state index is 12.8. The molecule has 0 atom stereocenters. The molecule has 3 aromatic heterocycles. The maximum Gasteiger partial charge on any atom is 0.272 e. The van der Waals surface area contributed by atoms with Crippen molar-refractivity contribution in [2.24, 2.45) is 5.10 Å². The summed E-state index contributed by atoms with van der Waals surface area (Å²) in [5, 5.41) is 4.81. The molecule has 0 aliphatic rings. The lowest BCUT2D eigenvalue weighted by molar-refractivity contribution is 0.0957. The third kappa shape index (κ3) is 3.69. The first-order chi connectivity index (χ1) is 13.3. The molecule has 0 radical (unpaired) electrons. The smallest absolute Gasteiger partial charge is 0.267 e. The van der Waals surface area contributed by atoms with Crippen molar-refractivity contribution >= 4 is 23.0 Å². The van der Waals surface area contributed by atoms with E-state index in [9.17, 15) is 4.79 Å². The van der Waals surface area contributed by atoms with E-state index >= 15 is 0 Å². The van der Waals surface area contributed by atoms with Crippen LogP contribution in [0.1, 0.15) is 15.9 Å². The van der Waals surface area contributed by atoms with Gasteiger partial charge in [-0.1, -0.05) is 18.2 Å². The Bertz CT molecular complexity index is 1110. The van der Waals surface area contributed by atoms with E-state index in [1.54, 1.807) is 49.2 Å². The van der Waals surface area contributed by atoms with E-state index in [0.717, 1.165) is 22.0 Å². The molecule has 0 bridgehead atoms. The van der Waals surface area contributed by atoms with Crippen LogP contribution in [0.15, 0.2) is 84.5 Å². The van der Waals surface area contributed by atoms with Gasteiger partial charge in [-0.05, 0) is 42.0 Å². The van der Waals surface area contributed by atoms with Crippen molar-refractivity contribution in [2.45, 2.75) is 0 Å². The number of benzene rings is 1. The zero-order valence-electron chi connectivity index (χ0n) is 14.3. The molecular weight excluding hydrogens is 338 g/mol. The number of nitrogens with one attached hydrogen (secondary N) is 1. The molecule has 4 aromatic rings. The summed E-state index contributed by atoms with van der Waals surface area (Å²) in [6.45, 7) is 0. The maximum absolute atomic E-state index is 12.8. The van der Waals surface area contributed by atoms with Crippen LogP contribution < -0.4 is 5.43 Å². The molecule has 1 N–H and O–H groups in total. The number of para-hydroxylation sites is 1. The summed E-state index contributed by atoms with van der Waals surface area (Å²) < 4.78 is 0. The van der Waals surface area contributed by atoms with Gasteiger partial charge in [0.15, 0.2) is 0 Å². The van der Waals surface area contributed by atoms with Crippen LogP contribution in [0.5, 0.6) is 0 Å². The number of rotatable bonds is 4. The number of nitrogens with zero attached hydrogens (tertiary/aromatic N) is 4. The fourth-order valence-corrected chi connectivity index (χ4v) is 2.70. The van der Waals surface area contributed by atoms with Crippen molar-refractivity contribution in [3.63, 3.8) is 0 Å². The van der Waals surface area contributed by atoms with Gasteiger partial charge in [0, 0.05) is 35.7 Å². The molecule has 3 heterocycles. The predicted octanol–water partition coefficient (Wildman–Crippen LogP) is 3.46. The lowest BCUT2D eigenvalue weighted by Crippen LogP contribution is -2.18. The van der Waals surface area contributed by atoms with E-state index < -0.39 is 0 Å². The number of fused-ring (bicyclic) bond motifs is 1. The van der Waals surface area contributed by atoms with Crippen molar-refractivity contribution in [1.82, 2.24) is 20.4 Å². The van der Waals surface area contributed by atoms with Crippen LogP contribution in [-0.2, 0) is 0 Å². The van der Waals surface area contributed by atoms with Crippen molar-refractivity contribution < 1.29 is 4.79 Å². The Labute approximate surface area is 155 Å². The summed E-state index contributed by atoms with van der Waals surface area (Å²) in [5.74, 6) is -0.302. The minimum atomic E-state index is -0.302. The predicted molar refractivity (Wildman–Crippen MR) is 104 cm³/mol. The van der Waals surface area contributed by atoms with Gasteiger partial charge in [-0.25, -0.2) is 10.4 Å². The van der Waals surface area contributed by atoms with Crippen molar-refractivity contribution in [1.29, 1.82) is 0 Å². The molecule has 1 amide bonds. The van der Waals surface area contributed by atoms with E-state index in [2.05, 4.69) is 25.5 Å². The monoisotopic (exact) mass is 353 g/mol. The largest absolute Gasteiger partial charge is 0.272 e. The van der Waals surface area contributed by atoms with E-state index in [1.165, 1.54) is 0 Å². The average molecular weight is 353 g/mol. The molecule has 0 saturated heterocycles. The highest BCUT2D eigenvalue weighted by Gasteiger charge is 2.13. The molecule has 1 aromatic carbocycles. The summed E-state index contributed by atoms with van der Waals surface area (Å²) in [6, 6.07) is 16.6. The zero-order valence-corrected chi connectivity index (χ0v) is 14.3. The topological polar surface area (TPSA) is 80.1 Å². The third-order valence-corrected chi connectivity index (χ3v) is 4.00.